The topological polar surface area (TPSA) is 71.1 Å². The molecule has 0 aromatic heterocycles. The van der Waals surface area contributed by atoms with Crippen LogP contribution in [-0.4, -0.2) is 37.9 Å². The molecule has 0 radical (unpaired) electrons. The van der Waals surface area contributed by atoms with Gasteiger partial charge >= 0.3 is 11.9 Å². The molecule has 3 unspecified atom stereocenters. The van der Waals surface area contributed by atoms with E-state index in [9.17, 15) is 9.59 Å². The summed E-state index contributed by atoms with van der Waals surface area (Å²) in [5.74, 6) is 1.46. The van der Waals surface area contributed by atoms with Crippen LogP contribution in [0.5, 0.6) is 11.5 Å². The lowest BCUT2D eigenvalue weighted by Gasteiger charge is -2.15. The first kappa shape index (κ1) is 28.2. The number of rotatable bonds is 15. The number of ether oxygens (including phenoxy) is 4. The van der Waals surface area contributed by atoms with Gasteiger partial charge in [0.25, 0.3) is 0 Å². The molecule has 0 bridgehead atoms. The third-order valence-corrected chi connectivity index (χ3v) is 5.57. The van der Waals surface area contributed by atoms with Gasteiger partial charge in [0.05, 0.1) is 24.3 Å². The van der Waals surface area contributed by atoms with Gasteiger partial charge in [-0.15, -0.1) is 0 Å². The van der Waals surface area contributed by atoms with E-state index in [0.29, 0.717) is 36.2 Å². The summed E-state index contributed by atoms with van der Waals surface area (Å²) < 4.78 is 22.3. The Kier molecular flexibility index (Phi) is 12.2. The van der Waals surface area contributed by atoms with Gasteiger partial charge in [-0.1, -0.05) is 40.5 Å². The Morgan fingerprint density at radius 1 is 0.657 bits per heavy atom. The molecule has 0 aliphatic rings. The van der Waals surface area contributed by atoms with E-state index < -0.39 is 18.0 Å². The molecule has 0 N–H and O–H groups in total. The van der Waals surface area contributed by atoms with Crippen molar-refractivity contribution in [1.29, 1.82) is 0 Å². The smallest absolute Gasteiger partial charge is 0.338 e. The number of carbonyl (C=O) groups is 2. The molecule has 35 heavy (non-hydrogen) atoms. The molecule has 6 nitrogen and oxygen atoms in total. The van der Waals surface area contributed by atoms with Gasteiger partial charge in [0.1, 0.15) is 24.2 Å². The maximum atomic E-state index is 12.4. The second-order valence-corrected chi connectivity index (χ2v) is 9.27. The second-order valence-electron chi connectivity index (χ2n) is 9.27. The molecule has 2 aromatic rings. The molecule has 0 heterocycles. The van der Waals surface area contributed by atoms with Crippen LogP contribution in [0.15, 0.2) is 48.5 Å². The standard InChI is InChI=1S/C29H40O6/c1-6-8-21(3)18-32-26-14-10-24(11-15-26)28(30)34-20-23(5)35-29(31)25-12-16-27(17-13-25)33-19-22(4)9-7-2/h10-17,21-23H,6-9,18-20H2,1-5H3. The minimum atomic E-state index is -0.583. The number of hydrogen-bond donors (Lipinski definition) is 0. The first-order valence-corrected chi connectivity index (χ1v) is 12.7. The van der Waals surface area contributed by atoms with Crippen LogP contribution in [0.4, 0.5) is 0 Å². The lowest BCUT2D eigenvalue weighted by Crippen LogP contribution is -2.22. The number of esters is 2. The van der Waals surface area contributed by atoms with Crippen molar-refractivity contribution in [2.45, 2.75) is 66.4 Å². The van der Waals surface area contributed by atoms with Crippen LogP contribution < -0.4 is 9.47 Å². The maximum Gasteiger partial charge on any atom is 0.338 e. The Bertz CT molecular complexity index is 890. The van der Waals surface area contributed by atoms with Gasteiger partial charge in [0.2, 0.25) is 0 Å². The Hall–Kier alpha value is -3.02. The van der Waals surface area contributed by atoms with E-state index in [1.807, 2.05) is 0 Å². The summed E-state index contributed by atoms with van der Waals surface area (Å²) in [4.78, 5) is 24.7. The average molecular weight is 485 g/mol. The highest BCUT2D eigenvalue weighted by Crippen LogP contribution is 2.17. The average Bonchev–Trinajstić information content (AvgIpc) is 2.85. The van der Waals surface area contributed by atoms with Crippen molar-refractivity contribution in [3.63, 3.8) is 0 Å². The molecule has 0 saturated carbocycles. The first-order chi connectivity index (χ1) is 16.8. The number of carbonyl (C=O) groups excluding carboxylic acids is 2. The molecule has 0 saturated heterocycles. The highest BCUT2D eigenvalue weighted by atomic mass is 16.6. The zero-order chi connectivity index (χ0) is 25.6. The van der Waals surface area contributed by atoms with Crippen LogP contribution in [0.2, 0.25) is 0 Å². The van der Waals surface area contributed by atoms with Crippen molar-refractivity contribution in [1.82, 2.24) is 0 Å². The predicted molar refractivity (Wildman–Crippen MR) is 137 cm³/mol. The van der Waals surface area contributed by atoms with Gasteiger partial charge in [-0.05, 0) is 80.1 Å². The highest BCUT2D eigenvalue weighted by molar-refractivity contribution is 5.90. The monoisotopic (exact) mass is 484 g/mol. The summed E-state index contributed by atoms with van der Waals surface area (Å²) >= 11 is 0. The van der Waals surface area contributed by atoms with Crippen molar-refractivity contribution in [3.8, 4) is 11.5 Å². The van der Waals surface area contributed by atoms with Gasteiger partial charge < -0.3 is 18.9 Å². The summed E-state index contributed by atoms with van der Waals surface area (Å²) in [7, 11) is 0. The third-order valence-electron chi connectivity index (χ3n) is 5.57. The number of hydrogen-bond acceptors (Lipinski definition) is 6. The van der Waals surface area contributed by atoms with Gasteiger partial charge in [0.15, 0.2) is 0 Å². The molecule has 2 rings (SSSR count). The van der Waals surface area contributed by atoms with Crippen LogP contribution >= 0.6 is 0 Å². The lowest BCUT2D eigenvalue weighted by atomic mass is 10.1. The summed E-state index contributed by atoms with van der Waals surface area (Å²) in [5.41, 5.74) is 0.835. The molecule has 0 aliphatic heterocycles. The minimum Gasteiger partial charge on any atom is -0.493 e. The van der Waals surface area contributed by atoms with Crippen molar-refractivity contribution in [2.75, 3.05) is 19.8 Å². The molecule has 2 aromatic carbocycles. The molecule has 6 heteroatoms. The van der Waals surface area contributed by atoms with Crippen LogP contribution in [0, 0.1) is 11.8 Å². The maximum absolute atomic E-state index is 12.4. The van der Waals surface area contributed by atoms with Gasteiger partial charge in [-0.3, -0.25) is 0 Å². The molecule has 192 valence electrons. The molecule has 0 fully saturated rings. The summed E-state index contributed by atoms with van der Waals surface area (Å²) in [6, 6.07) is 13.7. The van der Waals surface area contributed by atoms with Crippen molar-refractivity contribution in [2.24, 2.45) is 11.8 Å². The Morgan fingerprint density at radius 2 is 1.09 bits per heavy atom. The lowest BCUT2D eigenvalue weighted by molar-refractivity contribution is 0.00447. The fraction of sp³-hybridized carbons (Fsp3) is 0.517. The highest BCUT2D eigenvalue weighted by Gasteiger charge is 2.15. The Morgan fingerprint density at radius 3 is 1.51 bits per heavy atom. The van der Waals surface area contributed by atoms with E-state index in [4.69, 9.17) is 18.9 Å². The molecule has 0 amide bonds. The van der Waals surface area contributed by atoms with E-state index in [0.717, 1.165) is 37.2 Å². The predicted octanol–water partition coefficient (Wildman–Crippen LogP) is 6.72. The molecule has 0 aliphatic carbocycles. The molecule has 3 atom stereocenters. The third kappa shape index (κ3) is 10.4. The van der Waals surface area contributed by atoms with Crippen LogP contribution in [0.25, 0.3) is 0 Å². The number of benzene rings is 2. The van der Waals surface area contributed by atoms with Gasteiger partial charge in [-0.2, -0.15) is 0 Å². The zero-order valence-corrected chi connectivity index (χ0v) is 21.8. The van der Waals surface area contributed by atoms with E-state index in [1.165, 1.54) is 0 Å². The molecule has 0 spiro atoms. The van der Waals surface area contributed by atoms with Gasteiger partial charge in [0, 0.05) is 0 Å². The fourth-order valence-corrected chi connectivity index (χ4v) is 3.56. The Balaban J connectivity index is 1.75. The Labute approximate surface area is 209 Å². The fourth-order valence-electron chi connectivity index (χ4n) is 3.56. The van der Waals surface area contributed by atoms with E-state index in [1.54, 1.807) is 55.5 Å². The first-order valence-electron chi connectivity index (χ1n) is 12.7. The summed E-state index contributed by atoms with van der Waals surface area (Å²) in [5, 5.41) is 0. The largest absolute Gasteiger partial charge is 0.493 e. The van der Waals surface area contributed by atoms with Gasteiger partial charge in [-0.25, -0.2) is 9.59 Å². The van der Waals surface area contributed by atoms with Crippen LogP contribution in [0.3, 0.4) is 0 Å². The SMILES string of the molecule is CCCC(C)COc1ccc(C(=O)OCC(C)OC(=O)c2ccc(OCC(C)CCC)cc2)cc1. The minimum absolute atomic E-state index is 0.0339. The van der Waals surface area contributed by atoms with Crippen LogP contribution in [0.1, 0.15) is 81.0 Å². The summed E-state index contributed by atoms with van der Waals surface area (Å²) in [6.07, 6.45) is 3.90. The normalized spacial score (nSPS) is 13.4. The zero-order valence-electron chi connectivity index (χ0n) is 21.8. The quantitative estimate of drug-likeness (QED) is 0.261. The van der Waals surface area contributed by atoms with E-state index >= 15 is 0 Å². The molecular weight excluding hydrogens is 444 g/mol. The van der Waals surface area contributed by atoms with Crippen molar-refractivity contribution < 1.29 is 28.5 Å². The van der Waals surface area contributed by atoms with Crippen molar-refractivity contribution >= 4 is 11.9 Å². The van der Waals surface area contributed by atoms with Crippen molar-refractivity contribution in [3.05, 3.63) is 59.7 Å². The molecular formula is C29H40O6. The second kappa shape index (κ2) is 15.1. The summed E-state index contributed by atoms with van der Waals surface area (Å²) in [6.45, 7) is 11.6. The van der Waals surface area contributed by atoms with E-state index in [-0.39, 0.29) is 6.61 Å². The van der Waals surface area contributed by atoms with Crippen LogP contribution in [-0.2, 0) is 9.47 Å². The van der Waals surface area contributed by atoms with E-state index in [2.05, 4.69) is 27.7 Å².